The Morgan fingerprint density at radius 2 is 1.41 bits per heavy atom. The monoisotopic (exact) mass is 520 g/mol. The van der Waals surface area contributed by atoms with Crippen LogP contribution >= 0.6 is 43.6 Å². The molecule has 0 spiro atoms. The van der Waals surface area contributed by atoms with Gasteiger partial charge in [0.1, 0.15) is 0 Å². The molecule has 0 bridgehead atoms. The number of carbonyl (C=O) groups is 1. The summed E-state index contributed by atoms with van der Waals surface area (Å²) >= 11 is 8.61. The van der Waals surface area contributed by atoms with Gasteiger partial charge in [-0.3, -0.25) is 9.59 Å². The molecule has 0 unspecified atom stereocenters. The van der Waals surface area contributed by atoms with Crippen LogP contribution in [0.4, 0.5) is 0 Å². The van der Waals surface area contributed by atoms with Crippen LogP contribution in [0.2, 0.25) is 0 Å². The molecule has 0 aromatic heterocycles. The van der Waals surface area contributed by atoms with E-state index in [9.17, 15) is 9.59 Å². The van der Waals surface area contributed by atoms with Crippen LogP contribution in [0.5, 0.6) is 0 Å². The Kier molecular flexibility index (Phi) is 3.74. The minimum absolute atomic E-state index is 0.0620. The largest absolute Gasteiger partial charge is 0.289 e. The van der Waals surface area contributed by atoms with Crippen molar-refractivity contribution < 1.29 is 4.79 Å². The van der Waals surface area contributed by atoms with Crippen molar-refractivity contribution in [1.29, 1.82) is 0 Å². The lowest BCUT2D eigenvalue weighted by Crippen LogP contribution is -2.23. The summed E-state index contributed by atoms with van der Waals surface area (Å²) in [5.74, 6) is -0.0620. The lowest BCUT2D eigenvalue weighted by atomic mass is 10.0. The van der Waals surface area contributed by atoms with Crippen molar-refractivity contribution in [2.45, 2.75) is 4.90 Å². The maximum absolute atomic E-state index is 13.5. The average Bonchev–Trinajstić information content (AvgIpc) is 3.20. The molecule has 1 heterocycles. The fourth-order valence-corrected chi connectivity index (χ4v) is 6.81. The Morgan fingerprint density at radius 3 is 2.21 bits per heavy atom. The highest BCUT2D eigenvalue weighted by atomic mass is 79.9. The SMILES string of the molecule is O=C1C(=c2c(=O)c3ccc(Br)c4c(Br)ccc2c43)Sc2ccc3ccccc3c21. The summed E-state index contributed by atoms with van der Waals surface area (Å²) in [4.78, 5) is 28.3. The van der Waals surface area contributed by atoms with Gasteiger partial charge in [0.25, 0.3) is 0 Å². The molecule has 5 heteroatoms. The molecule has 0 atom stereocenters. The zero-order valence-corrected chi connectivity index (χ0v) is 18.7. The molecule has 5 aromatic carbocycles. The molecule has 0 fully saturated rings. The van der Waals surface area contributed by atoms with E-state index in [0.29, 0.717) is 21.1 Å². The molecule has 1 aliphatic heterocycles. The number of hydrogen-bond donors (Lipinski definition) is 0. The van der Waals surface area contributed by atoms with Crippen LogP contribution in [0.15, 0.2) is 79.3 Å². The molecule has 29 heavy (non-hydrogen) atoms. The highest BCUT2D eigenvalue weighted by molar-refractivity contribution is 9.11. The summed E-state index contributed by atoms with van der Waals surface area (Å²) in [5, 5.41) is 5.82. The van der Waals surface area contributed by atoms with E-state index in [2.05, 4.69) is 31.9 Å². The van der Waals surface area contributed by atoms with Gasteiger partial charge in [0.05, 0.1) is 4.91 Å². The normalized spacial score (nSPS) is 15.7. The second-order valence-electron chi connectivity index (χ2n) is 7.06. The number of thioether (sulfide) groups is 1. The van der Waals surface area contributed by atoms with Gasteiger partial charge in [-0.05, 0) is 40.4 Å². The Balaban J connectivity index is 1.78. The zero-order valence-electron chi connectivity index (χ0n) is 14.8. The number of rotatable bonds is 0. The lowest BCUT2D eigenvalue weighted by molar-refractivity contribution is 0.106. The fourth-order valence-electron chi connectivity index (χ4n) is 4.30. The zero-order chi connectivity index (χ0) is 19.9. The molecule has 6 rings (SSSR count). The maximum Gasteiger partial charge on any atom is 0.202 e. The van der Waals surface area contributed by atoms with E-state index >= 15 is 0 Å². The Labute approximate surface area is 186 Å². The molecule has 0 saturated heterocycles. The van der Waals surface area contributed by atoms with Gasteiger partial charge in [-0.25, -0.2) is 0 Å². The van der Waals surface area contributed by atoms with Crippen LogP contribution in [0.1, 0.15) is 10.4 Å². The van der Waals surface area contributed by atoms with Crippen LogP contribution in [-0.2, 0) is 0 Å². The van der Waals surface area contributed by atoms with Crippen LogP contribution in [-0.4, -0.2) is 5.78 Å². The summed E-state index contributed by atoms with van der Waals surface area (Å²) in [6, 6.07) is 19.5. The first-order valence-corrected chi connectivity index (χ1v) is 11.4. The molecule has 0 radical (unpaired) electrons. The molecule has 0 saturated carbocycles. The van der Waals surface area contributed by atoms with Gasteiger partial charge in [0.15, 0.2) is 5.43 Å². The van der Waals surface area contributed by atoms with Gasteiger partial charge >= 0.3 is 0 Å². The van der Waals surface area contributed by atoms with Crippen LogP contribution < -0.4 is 10.6 Å². The average molecular weight is 522 g/mol. The number of hydrogen-bond acceptors (Lipinski definition) is 3. The van der Waals surface area contributed by atoms with Gasteiger partial charge in [-0.2, -0.15) is 0 Å². The summed E-state index contributed by atoms with van der Waals surface area (Å²) in [6.45, 7) is 0. The third kappa shape index (κ3) is 2.29. The molecule has 0 aliphatic carbocycles. The summed E-state index contributed by atoms with van der Waals surface area (Å²) in [7, 11) is 0. The second-order valence-corrected chi connectivity index (χ2v) is 9.83. The first-order valence-electron chi connectivity index (χ1n) is 9.00. The minimum Gasteiger partial charge on any atom is -0.289 e. The Morgan fingerprint density at radius 1 is 0.690 bits per heavy atom. The van der Waals surface area contributed by atoms with E-state index < -0.39 is 0 Å². The van der Waals surface area contributed by atoms with E-state index in [1.165, 1.54) is 11.8 Å². The van der Waals surface area contributed by atoms with Crippen molar-refractivity contribution >= 4 is 86.6 Å². The van der Waals surface area contributed by atoms with E-state index in [0.717, 1.165) is 40.8 Å². The predicted octanol–water partition coefficient (Wildman–Crippen LogP) is 6.28. The standard InChI is InChI=1S/C24H10Br2O2S/c25-15-8-6-13-18-14(7-9-16(26)21(15)18)22(27)20(13)24-23(28)19-12-4-2-1-3-11(12)5-10-17(19)29-24/h1-10H. The first kappa shape index (κ1) is 17.6. The van der Waals surface area contributed by atoms with Crippen molar-refractivity contribution in [2.24, 2.45) is 0 Å². The van der Waals surface area contributed by atoms with Crippen molar-refractivity contribution in [2.75, 3.05) is 0 Å². The van der Waals surface area contributed by atoms with Crippen LogP contribution in [0.3, 0.4) is 0 Å². The second kappa shape index (κ2) is 6.14. The van der Waals surface area contributed by atoms with Crippen molar-refractivity contribution in [3.8, 4) is 0 Å². The van der Waals surface area contributed by atoms with Crippen LogP contribution in [0.25, 0.3) is 37.2 Å². The molecule has 0 amide bonds. The third-order valence-electron chi connectivity index (χ3n) is 5.56. The molecule has 1 aliphatic rings. The Hall–Kier alpha value is -2.21. The number of benzene rings is 4. The van der Waals surface area contributed by atoms with Crippen molar-refractivity contribution in [3.63, 3.8) is 0 Å². The number of carbonyl (C=O) groups excluding carboxylic acids is 1. The number of ketones is 1. The number of fused-ring (bicyclic) bond motifs is 3. The lowest BCUT2D eigenvalue weighted by Gasteiger charge is -2.04. The number of halogens is 2. The number of Topliss-reactive ketones (excluding diaryl/α,β-unsaturated/α-hetero) is 1. The molecular weight excluding hydrogens is 512 g/mol. The smallest absolute Gasteiger partial charge is 0.202 e. The predicted molar refractivity (Wildman–Crippen MR) is 127 cm³/mol. The van der Waals surface area contributed by atoms with E-state index in [4.69, 9.17) is 0 Å². The molecule has 2 nitrogen and oxygen atoms in total. The van der Waals surface area contributed by atoms with E-state index in [-0.39, 0.29) is 11.2 Å². The summed E-state index contributed by atoms with van der Waals surface area (Å²) in [5.41, 5.74) is 0.623. The highest BCUT2D eigenvalue weighted by Crippen LogP contribution is 2.44. The molecular formula is C24H10Br2O2S. The van der Waals surface area contributed by atoms with Crippen molar-refractivity contribution in [1.82, 2.24) is 0 Å². The first-order chi connectivity index (χ1) is 14.1. The van der Waals surface area contributed by atoms with E-state index in [1.54, 1.807) is 0 Å². The quantitative estimate of drug-likeness (QED) is 0.240. The minimum atomic E-state index is -0.0800. The van der Waals surface area contributed by atoms with Gasteiger partial charge < -0.3 is 0 Å². The third-order valence-corrected chi connectivity index (χ3v) is 8.04. The molecule has 138 valence electrons. The topological polar surface area (TPSA) is 34.1 Å². The van der Waals surface area contributed by atoms with Gasteiger partial charge in [0, 0.05) is 40.8 Å². The van der Waals surface area contributed by atoms with Crippen LogP contribution in [0, 0.1) is 0 Å². The highest BCUT2D eigenvalue weighted by Gasteiger charge is 2.30. The van der Waals surface area contributed by atoms with Gasteiger partial charge in [-0.1, -0.05) is 80.0 Å². The fraction of sp³-hybridized carbons (Fsp3) is 0. The molecule has 5 aromatic rings. The van der Waals surface area contributed by atoms with E-state index in [1.807, 2.05) is 60.7 Å². The van der Waals surface area contributed by atoms with Gasteiger partial charge in [0.2, 0.25) is 5.78 Å². The maximum atomic E-state index is 13.5. The summed E-state index contributed by atoms with van der Waals surface area (Å²) < 4.78 is 1.84. The summed E-state index contributed by atoms with van der Waals surface area (Å²) in [6.07, 6.45) is 0. The Bertz CT molecular complexity index is 1630. The van der Waals surface area contributed by atoms with Gasteiger partial charge in [-0.15, -0.1) is 0 Å². The van der Waals surface area contributed by atoms with Crippen molar-refractivity contribution in [3.05, 3.63) is 90.6 Å². The molecule has 0 N–H and O–H groups in total.